The third kappa shape index (κ3) is 5.37. The molecule has 124 valence electrons. The number of carbonyl (C=O) groups is 2. The van der Waals surface area contributed by atoms with Crippen molar-refractivity contribution in [1.82, 2.24) is 15.5 Å². The summed E-state index contributed by atoms with van der Waals surface area (Å²) in [5.74, 6) is -1.33. The molecule has 0 aliphatic rings. The second kappa shape index (κ2) is 8.89. The van der Waals surface area contributed by atoms with Crippen LogP contribution in [0.5, 0.6) is 0 Å². The van der Waals surface area contributed by atoms with Crippen molar-refractivity contribution in [2.75, 3.05) is 25.1 Å². The van der Waals surface area contributed by atoms with E-state index >= 15 is 0 Å². The summed E-state index contributed by atoms with van der Waals surface area (Å²) >= 11 is 0. The fourth-order valence-electron chi connectivity index (χ4n) is 2.01. The van der Waals surface area contributed by atoms with Crippen molar-refractivity contribution in [3.8, 4) is 0 Å². The minimum Gasteiger partial charge on any atom is -0.381 e. The molecule has 2 rings (SSSR count). The highest BCUT2D eigenvalue weighted by molar-refractivity contribution is 6.39. The van der Waals surface area contributed by atoms with Gasteiger partial charge in [-0.15, -0.1) is 0 Å². The van der Waals surface area contributed by atoms with Crippen LogP contribution in [0.15, 0.2) is 24.4 Å². The van der Waals surface area contributed by atoms with E-state index in [1.165, 1.54) is 0 Å². The number of unbranched alkanes of at least 4 members (excludes halogenated alkanes) is 1. The number of hydrogen-bond acceptors (Lipinski definition) is 4. The number of nitrogens with zero attached hydrogens (tertiary/aromatic N) is 1. The standard InChI is InChI=1S/C16H22N4O3/c1-2-3-8-23-9-4-7-17-15(21)16(22)19-13-6-5-12-11-18-20-14(12)10-13/h5-6,10-11H,2-4,7-9H2,1H3,(H,17,21)(H,18,20)(H,19,22). The van der Waals surface area contributed by atoms with Gasteiger partial charge in [0.15, 0.2) is 0 Å². The minimum atomic E-state index is -0.684. The van der Waals surface area contributed by atoms with Gasteiger partial charge in [-0.3, -0.25) is 14.7 Å². The molecule has 0 saturated carbocycles. The highest BCUT2D eigenvalue weighted by atomic mass is 16.5. The monoisotopic (exact) mass is 318 g/mol. The Morgan fingerprint density at radius 3 is 2.87 bits per heavy atom. The normalized spacial score (nSPS) is 10.7. The maximum atomic E-state index is 11.8. The van der Waals surface area contributed by atoms with Crippen LogP contribution in [0.1, 0.15) is 26.2 Å². The van der Waals surface area contributed by atoms with Gasteiger partial charge in [-0.25, -0.2) is 0 Å². The molecule has 0 aliphatic carbocycles. The zero-order chi connectivity index (χ0) is 16.5. The molecule has 2 amide bonds. The topological polar surface area (TPSA) is 96.1 Å². The first kappa shape index (κ1) is 17.0. The fourth-order valence-corrected chi connectivity index (χ4v) is 2.01. The number of aromatic nitrogens is 2. The van der Waals surface area contributed by atoms with Crippen molar-refractivity contribution in [3.05, 3.63) is 24.4 Å². The largest absolute Gasteiger partial charge is 0.381 e. The van der Waals surface area contributed by atoms with E-state index in [2.05, 4.69) is 27.8 Å². The third-order valence-corrected chi connectivity index (χ3v) is 3.30. The van der Waals surface area contributed by atoms with E-state index in [1.807, 2.05) is 6.07 Å². The van der Waals surface area contributed by atoms with Gasteiger partial charge >= 0.3 is 11.8 Å². The number of ether oxygens (including phenoxy) is 1. The van der Waals surface area contributed by atoms with Crippen LogP contribution in [0.4, 0.5) is 5.69 Å². The molecule has 23 heavy (non-hydrogen) atoms. The summed E-state index contributed by atoms with van der Waals surface area (Å²) in [5.41, 5.74) is 1.34. The van der Waals surface area contributed by atoms with Crippen LogP contribution in [0.25, 0.3) is 10.9 Å². The Morgan fingerprint density at radius 1 is 1.22 bits per heavy atom. The molecule has 1 aromatic heterocycles. The van der Waals surface area contributed by atoms with Gasteiger partial charge in [-0.2, -0.15) is 5.10 Å². The van der Waals surface area contributed by atoms with Crippen molar-refractivity contribution < 1.29 is 14.3 Å². The van der Waals surface area contributed by atoms with Gasteiger partial charge in [-0.1, -0.05) is 13.3 Å². The number of aromatic amines is 1. The predicted molar refractivity (Wildman–Crippen MR) is 88.1 cm³/mol. The van der Waals surface area contributed by atoms with E-state index < -0.39 is 11.8 Å². The first-order valence-corrected chi connectivity index (χ1v) is 7.80. The molecule has 1 aromatic carbocycles. The molecule has 7 heteroatoms. The van der Waals surface area contributed by atoms with Gasteiger partial charge in [-0.05, 0) is 31.0 Å². The number of H-pyrrole nitrogens is 1. The van der Waals surface area contributed by atoms with Crippen LogP contribution < -0.4 is 10.6 Å². The Balaban J connectivity index is 1.69. The zero-order valence-electron chi connectivity index (χ0n) is 13.2. The Kier molecular flexibility index (Phi) is 6.56. The molecule has 0 saturated heterocycles. The van der Waals surface area contributed by atoms with E-state index in [4.69, 9.17) is 4.74 Å². The summed E-state index contributed by atoms with van der Waals surface area (Å²) in [6.07, 6.45) is 4.51. The Labute approximate surface area is 134 Å². The highest BCUT2D eigenvalue weighted by Gasteiger charge is 2.13. The van der Waals surface area contributed by atoms with Crippen LogP contribution in [-0.2, 0) is 14.3 Å². The van der Waals surface area contributed by atoms with Gasteiger partial charge in [0.25, 0.3) is 0 Å². The first-order chi connectivity index (χ1) is 11.2. The molecular formula is C16H22N4O3. The quantitative estimate of drug-likeness (QED) is 0.511. The maximum absolute atomic E-state index is 11.8. The van der Waals surface area contributed by atoms with Crippen LogP contribution in [0.2, 0.25) is 0 Å². The summed E-state index contributed by atoms with van der Waals surface area (Å²) in [6, 6.07) is 5.28. The second-order valence-electron chi connectivity index (χ2n) is 5.20. The fraction of sp³-hybridized carbons (Fsp3) is 0.438. The SMILES string of the molecule is CCCCOCCCNC(=O)C(=O)Nc1ccc2cn[nH]c2c1. The summed E-state index contributed by atoms with van der Waals surface area (Å²) in [4.78, 5) is 23.5. The maximum Gasteiger partial charge on any atom is 0.313 e. The number of anilines is 1. The predicted octanol–water partition coefficient (Wildman–Crippen LogP) is 1.82. The molecular weight excluding hydrogens is 296 g/mol. The molecule has 0 radical (unpaired) electrons. The minimum absolute atomic E-state index is 0.415. The third-order valence-electron chi connectivity index (χ3n) is 3.30. The van der Waals surface area contributed by atoms with E-state index in [0.29, 0.717) is 25.3 Å². The van der Waals surface area contributed by atoms with Gasteiger partial charge in [0.05, 0.1) is 11.7 Å². The van der Waals surface area contributed by atoms with Crippen LogP contribution in [-0.4, -0.2) is 41.8 Å². The van der Waals surface area contributed by atoms with Gasteiger partial charge in [0, 0.05) is 30.8 Å². The van der Waals surface area contributed by atoms with E-state index in [-0.39, 0.29) is 0 Å². The van der Waals surface area contributed by atoms with Crippen LogP contribution >= 0.6 is 0 Å². The van der Waals surface area contributed by atoms with Crippen molar-refractivity contribution in [3.63, 3.8) is 0 Å². The molecule has 0 unspecified atom stereocenters. The smallest absolute Gasteiger partial charge is 0.313 e. The molecule has 0 spiro atoms. The van der Waals surface area contributed by atoms with E-state index in [1.54, 1.807) is 18.3 Å². The molecule has 2 aromatic rings. The molecule has 0 fully saturated rings. The number of rotatable bonds is 8. The Hall–Kier alpha value is -2.41. The number of amides is 2. The van der Waals surface area contributed by atoms with Crippen molar-refractivity contribution in [2.45, 2.75) is 26.2 Å². The van der Waals surface area contributed by atoms with Crippen LogP contribution in [0.3, 0.4) is 0 Å². The zero-order valence-corrected chi connectivity index (χ0v) is 13.2. The van der Waals surface area contributed by atoms with Crippen molar-refractivity contribution in [2.24, 2.45) is 0 Å². The number of carbonyl (C=O) groups excluding carboxylic acids is 2. The Morgan fingerprint density at radius 2 is 2.04 bits per heavy atom. The molecule has 0 aliphatic heterocycles. The van der Waals surface area contributed by atoms with Crippen molar-refractivity contribution in [1.29, 1.82) is 0 Å². The number of nitrogens with one attached hydrogen (secondary N) is 3. The van der Waals surface area contributed by atoms with E-state index in [9.17, 15) is 9.59 Å². The highest BCUT2D eigenvalue weighted by Crippen LogP contribution is 2.16. The lowest BCUT2D eigenvalue weighted by atomic mass is 10.2. The van der Waals surface area contributed by atoms with E-state index in [0.717, 1.165) is 30.4 Å². The lowest BCUT2D eigenvalue weighted by Crippen LogP contribution is -2.36. The summed E-state index contributed by atoms with van der Waals surface area (Å²) in [5, 5.41) is 12.8. The molecule has 3 N–H and O–H groups in total. The number of hydrogen-bond donors (Lipinski definition) is 3. The number of fused-ring (bicyclic) bond motifs is 1. The lowest BCUT2D eigenvalue weighted by Gasteiger charge is -2.07. The summed E-state index contributed by atoms with van der Waals surface area (Å²) in [7, 11) is 0. The van der Waals surface area contributed by atoms with Gasteiger partial charge in [0.1, 0.15) is 0 Å². The first-order valence-electron chi connectivity index (χ1n) is 7.80. The number of benzene rings is 1. The molecule has 7 nitrogen and oxygen atoms in total. The summed E-state index contributed by atoms with van der Waals surface area (Å²) in [6.45, 7) is 3.84. The molecule has 0 bridgehead atoms. The second-order valence-corrected chi connectivity index (χ2v) is 5.20. The molecule has 0 atom stereocenters. The average molecular weight is 318 g/mol. The van der Waals surface area contributed by atoms with Crippen molar-refractivity contribution >= 4 is 28.4 Å². The molecule has 1 heterocycles. The van der Waals surface area contributed by atoms with Crippen LogP contribution in [0, 0.1) is 0 Å². The van der Waals surface area contributed by atoms with Gasteiger partial charge < -0.3 is 15.4 Å². The Bertz CT molecular complexity index is 654. The average Bonchev–Trinajstić information content (AvgIpc) is 3.01. The summed E-state index contributed by atoms with van der Waals surface area (Å²) < 4.78 is 5.38. The van der Waals surface area contributed by atoms with Gasteiger partial charge in [0.2, 0.25) is 0 Å². The lowest BCUT2D eigenvalue weighted by molar-refractivity contribution is -0.136.